The SMILES string of the molecule is CC(=O)c1ccccc1OCCSc1nnc(-c2ccoc2C)n1Cc1ccccc1. The van der Waals surface area contributed by atoms with Crippen molar-refractivity contribution in [3.05, 3.63) is 83.8 Å². The molecule has 4 aromatic rings. The number of Topliss-reactive ketones (excluding diaryl/α,β-unsaturated/α-hetero) is 1. The zero-order chi connectivity index (χ0) is 21.6. The van der Waals surface area contributed by atoms with Crippen LogP contribution in [-0.4, -0.2) is 32.9 Å². The Hall–Kier alpha value is -3.32. The zero-order valence-electron chi connectivity index (χ0n) is 17.4. The van der Waals surface area contributed by atoms with E-state index in [0.29, 0.717) is 30.2 Å². The molecule has 0 atom stereocenters. The number of thioether (sulfide) groups is 1. The Balaban J connectivity index is 1.50. The smallest absolute Gasteiger partial charge is 0.191 e. The number of nitrogens with zero attached hydrogens (tertiary/aromatic N) is 3. The summed E-state index contributed by atoms with van der Waals surface area (Å²) in [6, 6.07) is 19.4. The fourth-order valence-corrected chi connectivity index (χ4v) is 4.04. The minimum Gasteiger partial charge on any atom is -0.492 e. The fourth-order valence-electron chi connectivity index (χ4n) is 3.29. The highest BCUT2D eigenvalue weighted by atomic mass is 32.2. The number of aryl methyl sites for hydroxylation is 1. The van der Waals surface area contributed by atoms with E-state index in [1.54, 1.807) is 31.0 Å². The van der Waals surface area contributed by atoms with Crippen molar-refractivity contribution in [2.45, 2.75) is 25.5 Å². The molecule has 0 spiro atoms. The van der Waals surface area contributed by atoms with Gasteiger partial charge in [-0.1, -0.05) is 54.2 Å². The molecular formula is C24H23N3O3S. The third kappa shape index (κ3) is 4.88. The molecule has 0 saturated carbocycles. The molecule has 0 N–H and O–H groups in total. The summed E-state index contributed by atoms with van der Waals surface area (Å²) in [6.07, 6.45) is 1.67. The first-order chi connectivity index (χ1) is 15.1. The number of carbonyl (C=O) groups is 1. The van der Waals surface area contributed by atoms with Gasteiger partial charge in [0.15, 0.2) is 16.8 Å². The second kappa shape index (κ2) is 9.66. The maximum Gasteiger partial charge on any atom is 0.191 e. The molecule has 2 heterocycles. The van der Waals surface area contributed by atoms with Gasteiger partial charge in [0.05, 0.1) is 30.5 Å². The Morgan fingerprint density at radius 2 is 1.84 bits per heavy atom. The van der Waals surface area contributed by atoms with Crippen molar-refractivity contribution in [2.24, 2.45) is 0 Å². The molecule has 0 bridgehead atoms. The molecule has 158 valence electrons. The van der Waals surface area contributed by atoms with Gasteiger partial charge in [0.2, 0.25) is 0 Å². The maximum absolute atomic E-state index is 11.8. The average molecular weight is 434 g/mol. The fraction of sp³-hybridized carbons (Fsp3) is 0.208. The lowest BCUT2D eigenvalue weighted by molar-refractivity contribution is 0.101. The molecule has 31 heavy (non-hydrogen) atoms. The second-order valence-electron chi connectivity index (χ2n) is 7.02. The van der Waals surface area contributed by atoms with Crippen molar-refractivity contribution in [3.8, 4) is 17.1 Å². The van der Waals surface area contributed by atoms with Crippen LogP contribution in [-0.2, 0) is 6.54 Å². The number of benzene rings is 2. The molecule has 0 unspecified atom stereocenters. The van der Waals surface area contributed by atoms with E-state index < -0.39 is 0 Å². The second-order valence-corrected chi connectivity index (χ2v) is 8.08. The van der Waals surface area contributed by atoms with Crippen LogP contribution in [0.1, 0.15) is 28.6 Å². The summed E-state index contributed by atoms with van der Waals surface area (Å²) in [6.45, 7) is 4.57. The van der Waals surface area contributed by atoms with Crippen molar-refractivity contribution in [3.63, 3.8) is 0 Å². The molecule has 0 amide bonds. The van der Waals surface area contributed by atoms with Gasteiger partial charge in [-0.3, -0.25) is 9.36 Å². The Morgan fingerprint density at radius 1 is 1.06 bits per heavy atom. The predicted molar refractivity (Wildman–Crippen MR) is 121 cm³/mol. The normalized spacial score (nSPS) is 10.9. The standard InChI is InChI=1S/C24H23N3O3S/c1-17(28)20-10-6-7-11-22(20)30-14-15-31-24-26-25-23(21-12-13-29-18(21)2)27(24)16-19-8-4-3-5-9-19/h3-13H,14-16H2,1-2H3. The highest BCUT2D eigenvalue weighted by Gasteiger charge is 2.18. The van der Waals surface area contributed by atoms with Gasteiger partial charge in [0.25, 0.3) is 0 Å². The Kier molecular flexibility index (Phi) is 6.52. The first-order valence-corrected chi connectivity index (χ1v) is 11.0. The van der Waals surface area contributed by atoms with Crippen LogP contribution in [0.3, 0.4) is 0 Å². The van der Waals surface area contributed by atoms with Crippen LogP contribution in [0.4, 0.5) is 0 Å². The number of furan rings is 1. The number of carbonyl (C=O) groups excluding carboxylic acids is 1. The van der Waals surface area contributed by atoms with Gasteiger partial charge in [0.1, 0.15) is 11.5 Å². The summed E-state index contributed by atoms with van der Waals surface area (Å²) in [5.41, 5.74) is 2.69. The summed E-state index contributed by atoms with van der Waals surface area (Å²) in [5.74, 6) is 2.86. The third-order valence-corrected chi connectivity index (χ3v) is 5.77. The lowest BCUT2D eigenvalue weighted by Gasteiger charge is -2.11. The molecule has 0 aliphatic rings. The largest absolute Gasteiger partial charge is 0.492 e. The van der Waals surface area contributed by atoms with Crippen LogP contribution < -0.4 is 4.74 Å². The topological polar surface area (TPSA) is 70.2 Å². The van der Waals surface area contributed by atoms with Crippen LogP contribution in [0.15, 0.2) is 76.5 Å². The zero-order valence-corrected chi connectivity index (χ0v) is 18.3. The van der Waals surface area contributed by atoms with E-state index in [1.807, 2.05) is 49.4 Å². The van der Waals surface area contributed by atoms with E-state index in [1.165, 1.54) is 0 Å². The Labute approximate surface area is 185 Å². The van der Waals surface area contributed by atoms with Crippen molar-refractivity contribution in [1.29, 1.82) is 0 Å². The molecule has 0 aliphatic heterocycles. The molecule has 4 rings (SSSR count). The van der Waals surface area contributed by atoms with E-state index in [-0.39, 0.29) is 5.78 Å². The molecule has 2 aromatic heterocycles. The number of hydrogen-bond donors (Lipinski definition) is 0. The maximum atomic E-state index is 11.8. The van der Waals surface area contributed by atoms with Gasteiger partial charge in [-0.05, 0) is 37.6 Å². The number of hydrogen-bond acceptors (Lipinski definition) is 6. The molecule has 0 saturated heterocycles. The first-order valence-electron chi connectivity index (χ1n) is 10.0. The van der Waals surface area contributed by atoms with E-state index in [4.69, 9.17) is 9.15 Å². The predicted octanol–water partition coefficient (Wildman–Crippen LogP) is 5.27. The molecule has 0 radical (unpaired) electrons. The number of para-hydroxylation sites is 1. The van der Waals surface area contributed by atoms with E-state index in [0.717, 1.165) is 27.9 Å². The monoisotopic (exact) mass is 433 g/mol. The lowest BCUT2D eigenvalue weighted by atomic mass is 10.1. The van der Waals surface area contributed by atoms with Gasteiger partial charge >= 0.3 is 0 Å². The minimum absolute atomic E-state index is 0.00835. The molecule has 2 aromatic carbocycles. The summed E-state index contributed by atoms with van der Waals surface area (Å²) in [4.78, 5) is 11.8. The molecular weight excluding hydrogens is 410 g/mol. The van der Waals surface area contributed by atoms with Crippen molar-refractivity contribution in [1.82, 2.24) is 14.8 Å². The van der Waals surface area contributed by atoms with Gasteiger partial charge in [-0.15, -0.1) is 10.2 Å². The summed E-state index contributed by atoms with van der Waals surface area (Å²) in [7, 11) is 0. The Morgan fingerprint density at radius 3 is 2.58 bits per heavy atom. The first kappa shape index (κ1) is 20.9. The number of rotatable bonds is 9. The van der Waals surface area contributed by atoms with Crippen molar-refractivity contribution in [2.75, 3.05) is 12.4 Å². The third-order valence-electron chi connectivity index (χ3n) is 4.84. The number of ether oxygens (including phenoxy) is 1. The van der Waals surface area contributed by atoms with Crippen LogP contribution >= 0.6 is 11.8 Å². The van der Waals surface area contributed by atoms with Crippen molar-refractivity contribution < 1.29 is 13.9 Å². The highest BCUT2D eigenvalue weighted by molar-refractivity contribution is 7.99. The van der Waals surface area contributed by atoms with E-state index in [9.17, 15) is 4.79 Å². The van der Waals surface area contributed by atoms with E-state index in [2.05, 4.69) is 26.9 Å². The minimum atomic E-state index is -0.00835. The van der Waals surface area contributed by atoms with Crippen LogP contribution in [0.5, 0.6) is 5.75 Å². The van der Waals surface area contributed by atoms with Crippen LogP contribution in [0, 0.1) is 6.92 Å². The summed E-state index contributed by atoms with van der Waals surface area (Å²) >= 11 is 1.57. The molecule has 6 nitrogen and oxygen atoms in total. The van der Waals surface area contributed by atoms with Gasteiger partial charge in [0, 0.05) is 5.75 Å². The van der Waals surface area contributed by atoms with Crippen LogP contribution in [0.2, 0.25) is 0 Å². The summed E-state index contributed by atoms with van der Waals surface area (Å²) < 4.78 is 13.4. The van der Waals surface area contributed by atoms with E-state index >= 15 is 0 Å². The number of ketones is 1. The highest BCUT2D eigenvalue weighted by Crippen LogP contribution is 2.28. The lowest BCUT2D eigenvalue weighted by Crippen LogP contribution is -2.07. The Bertz CT molecular complexity index is 1170. The summed E-state index contributed by atoms with van der Waals surface area (Å²) in [5, 5.41) is 9.67. The quantitative estimate of drug-likeness (QED) is 0.203. The van der Waals surface area contributed by atoms with Crippen molar-refractivity contribution >= 4 is 17.5 Å². The van der Waals surface area contributed by atoms with Crippen LogP contribution in [0.25, 0.3) is 11.4 Å². The van der Waals surface area contributed by atoms with Gasteiger partial charge in [-0.25, -0.2) is 0 Å². The average Bonchev–Trinajstić information content (AvgIpc) is 3.37. The molecule has 7 heteroatoms. The molecule has 0 aliphatic carbocycles. The van der Waals surface area contributed by atoms with Gasteiger partial charge < -0.3 is 9.15 Å². The molecule has 0 fully saturated rings. The number of aromatic nitrogens is 3. The van der Waals surface area contributed by atoms with Gasteiger partial charge in [-0.2, -0.15) is 0 Å².